The van der Waals surface area contributed by atoms with Gasteiger partial charge in [-0.15, -0.1) is 0 Å². The second-order valence-corrected chi connectivity index (χ2v) is 4.55. The molecule has 0 unspecified atom stereocenters. The Bertz CT molecular complexity index is 651. The summed E-state index contributed by atoms with van der Waals surface area (Å²) in [6.07, 6.45) is 4.98. The second-order valence-electron chi connectivity index (χ2n) is 4.55. The summed E-state index contributed by atoms with van der Waals surface area (Å²) in [4.78, 5) is 29.8. The third-order valence-corrected chi connectivity index (χ3v) is 2.98. The minimum atomic E-state index is -0.449. The Hall–Kier alpha value is -2.83. The molecule has 0 saturated heterocycles. The van der Waals surface area contributed by atoms with E-state index in [1.807, 2.05) is 6.92 Å². The Labute approximate surface area is 122 Å². The van der Waals surface area contributed by atoms with E-state index in [9.17, 15) is 9.59 Å². The number of imidazole rings is 1. The third kappa shape index (κ3) is 3.02. The molecule has 0 saturated carbocycles. The predicted octanol–water partition coefficient (Wildman–Crippen LogP) is 1.57. The predicted molar refractivity (Wildman–Crippen MR) is 79.6 cm³/mol. The van der Waals surface area contributed by atoms with Crippen LogP contribution in [0, 0.1) is 0 Å². The van der Waals surface area contributed by atoms with E-state index in [1.54, 1.807) is 12.1 Å². The number of nitrogen functional groups attached to an aromatic ring is 2. The molecule has 0 atom stereocenters. The van der Waals surface area contributed by atoms with Gasteiger partial charge in [-0.2, -0.15) is 0 Å². The van der Waals surface area contributed by atoms with Crippen LogP contribution in [0.4, 0.5) is 16.2 Å². The molecule has 1 aromatic heterocycles. The quantitative estimate of drug-likeness (QED) is 0.833. The maximum Gasteiger partial charge on any atom is 0.336 e. The highest BCUT2D eigenvalue weighted by molar-refractivity contribution is 6.05. The molecule has 21 heavy (non-hydrogen) atoms. The number of nitrogens with zero attached hydrogens (tertiary/aromatic N) is 3. The first-order valence-electron chi connectivity index (χ1n) is 6.53. The van der Waals surface area contributed by atoms with Gasteiger partial charge in [0, 0.05) is 24.5 Å². The lowest BCUT2D eigenvalue weighted by Gasteiger charge is -2.20. The molecule has 0 aliphatic carbocycles. The molecule has 0 spiro atoms. The summed E-state index contributed by atoms with van der Waals surface area (Å²) in [6, 6.07) is 4.13. The molecular formula is C14H17N5O2. The van der Waals surface area contributed by atoms with Crippen molar-refractivity contribution in [2.45, 2.75) is 13.3 Å². The van der Waals surface area contributed by atoms with E-state index >= 15 is 0 Å². The monoisotopic (exact) mass is 287 g/mol. The van der Waals surface area contributed by atoms with Gasteiger partial charge < -0.3 is 11.5 Å². The van der Waals surface area contributed by atoms with Gasteiger partial charge in [0.2, 0.25) is 0 Å². The molecule has 0 fully saturated rings. The third-order valence-electron chi connectivity index (χ3n) is 2.98. The fraction of sp³-hybridized carbons (Fsp3) is 0.214. The number of imide groups is 1. The first kappa shape index (κ1) is 14.6. The number of benzene rings is 1. The maximum absolute atomic E-state index is 12.5. The zero-order valence-corrected chi connectivity index (χ0v) is 11.7. The van der Waals surface area contributed by atoms with Crippen molar-refractivity contribution in [2.24, 2.45) is 0 Å². The van der Waals surface area contributed by atoms with Gasteiger partial charge in [-0.05, 0) is 24.6 Å². The second kappa shape index (κ2) is 6.08. The van der Waals surface area contributed by atoms with Crippen molar-refractivity contribution >= 4 is 23.3 Å². The van der Waals surface area contributed by atoms with Gasteiger partial charge >= 0.3 is 6.03 Å². The van der Waals surface area contributed by atoms with E-state index in [4.69, 9.17) is 11.5 Å². The summed E-state index contributed by atoms with van der Waals surface area (Å²) in [5.41, 5.74) is 12.4. The smallest absolute Gasteiger partial charge is 0.336 e. The van der Waals surface area contributed by atoms with Crippen molar-refractivity contribution < 1.29 is 9.59 Å². The standard InChI is InChI=1S/C14H17N5O2/c1-2-6-19(14(21)18-7-5-17-9-18)13(20)10-3-4-11(15)12(16)8-10/h3-5,7-9H,2,6,15-16H2,1H3. The van der Waals surface area contributed by atoms with Crippen LogP contribution in [-0.4, -0.2) is 32.9 Å². The average Bonchev–Trinajstić information content (AvgIpc) is 3.00. The number of carbonyl (C=O) groups excluding carboxylic acids is 2. The summed E-state index contributed by atoms with van der Waals surface area (Å²) >= 11 is 0. The van der Waals surface area contributed by atoms with Crippen LogP contribution in [0.1, 0.15) is 23.7 Å². The van der Waals surface area contributed by atoms with Crippen LogP contribution in [0.15, 0.2) is 36.9 Å². The van der Waals surface area contributed by atoms with Crippen LogP contribution in [0.5, 0.6) is 0 Å². The number of rotatable bonds is 3. The molecule has 7 heteroatoms. The van der Waals surface area contributed by atoms with Crippen LogP contribution in [0.25, 0.3) is 0 Å². The first-order valence-corrected chi connectivity index (χ1v) is 6.53. The minimum absolute atomic E-state index is 0.306. The maximum atomic E-state index is 12.5. The number of anilines is 2. The van der Waals surface area contributed by atoms with Gasteiger partial charge in [0.15, 0.2) is 0 Å². The van der Waals surface area contributed by atoms with E-state index in [0.29, 0.717) is 29.9 Å². The number of aromatic nitrogens is 2. The fourth-order valence-electron chi connectivity index (χ4n) is 1.88. The molecule has 0 radical (unpaired) electrons. The van der Waals surface area contributed by atoms with E-state index in [-0.39, 0.29) is 0 Å². The average molecular weight is 287 g/mol. The van der Waals surface area contributed by atoms with E-state index in [1.165, 1.54) is 29.4 Å². The van der Waals surface area contributed by atoms with E-state index in [0.717, 1.165) is 4.90 Å². The van der Waals surface area contributed by atoms with Crippen molar-refractivity contribution in [1.29, 1.82) is 0 Å². The molecule has 0 aliphatic heterocycles. The molecule has 2 aromatic rings. The lowest BCUT2D eigenvalue weighted by Crippen LogP contribution is -2.39. The highest BCUT2D eigenvalue weighted by Gasteiger charge is 2.23. The summed E-state index contributed by atoms with van der Waals surface area (Å²) in [5, 5.41) is 0. The van der Waals surface area contributed by atoms with Crippen LogP contribution < -0.4 is 11.5 Å². The number of carbonyl (C=O) groups is 2. The number of amides is 2. The molecule has 4 N–H and O–H groups in total. The van der Waals surface area contributed by atoms with Crippen LogP contribution in [0.3, 0.4) is 0 Å². The largest absolute Gasteiger partial charge is 0.397 e. The molecule has 0 bridgehead atoms. The summed E-state index contributed by atoms with van der Waals surface area (Å²) in [7, 11) is 0. The summed E-state index contributed by atoms with van der Waals surface area (Å²) in [5.74, 6) is -0.415. The molecule has 0 aliphatic rings. The molecule has 1 heterocycles. The SMILES string of the molecule is CCCN(C(=O)c1ccc(N)c(N)c1)C(=O)n1ccnc1. The Morgan fingerprint density at radius 1 is 1.29 bits per heavy atom. The normalized spacial score (nSPS) is 10.3. The summed E-state index contributed by atoms with van der Waals surface area (Å²) < 4.78 is 1.26. The fourth-order valence-corrected chi connectivity index (χ4v) is 1.88. The van der Waals surface area contributed by atoms with Gasteiger partial charge in [0.25, 0.3) is 5.91 Å². The first-order chi connectivity index (χ1) is 10.0. The van der Waals surface area contributed by atoms with Gasteiger partial charge in [0.1, 0.15) is 6.33 Å². The van der Waals surface area contributed by atoms with Gasteiger partial charge in [-0.1, -0.05) is 6.92 Å². The molecule has 2 rings (SSSR count). The van der Waals surface area contributed by atoms with E-state index in [2.05, 4.69) is 4.98 Å². The summed E-state index contributed by atoms with van der Waals surface area (Å²) in [6.45, 7) is 2.19. The van der Waals surface area contributed by atoms with Crippen molar-refractivity contribution in [3.63, 3.8) is 0 Å². The van der Waals surface area contributed by atoms with Crippen molar-refractivity contribution in [1.82, 2.24) is 14.5 Å². The zero-order valence-electron chi connectivity index (χ0n) is 11.7. The zero-order chi connectivity index (χ0) is 15.4. The van der Waals surface area contributed by atoms with Crippen molar-refractivity contribution in [3.8, 4) is 0 Å². The number of hydrogen-bond donors (Lipinski definition) is 2. The Kier molecular flexibility index (Phi) is 4.22. The molecular weight excluding hydrogens is 270 g/mol. The highest BCUT2D eigenvalue weighted by atomic mass is 16.2. The van der Waals surface area contributed by atoms with Crippen LogP contribution in [-0.2, 0) is 0 Å². The van der Waals surface area contributed by atoms with Crippen LogP contribution >= 0.6 is 0 Å². The number of hydrogen-bond acceptors (Lipinski definition) is 5. The molecule has 110 valence electrons. The number of nitrogens with two attached hydrogens (primary N) is 2. The van der Waals surface area contributed by atoms with Crippen molar-refractivity contribution in [3.05, 3.63) is 42.5 Å². The Morgan fingerprint density at radius 2 is 2.05 bits per heavy atom. The molecule has 2 amide bonds. The molecule has 1 aromatic carbocycles. The van der Waals surface area contributed by atoms with E-state index < -0.39 is 11.9 Å². The Balaban J connectivity index is 2.31. The molecule has 7 nitrogen and oxygen atoms in total. The Morgan fingerprint density at radius 3 is 2.62 bits per heavy atom. The topological polar surface area (TPSA) is 107 Å². The minimum Gasteiger partial charge on any atom is -0.397 e. The van der Waals surface area contributed by atoms with Gasteiger partial charge in [0.05, 0.1) is 11.4 Å². The lowest BCUT2D eigenvalue weighted by atomic mass is 10.1. The lowest BCUT2D eigenvalue weighted by molar-refractivity contribution is 0.0801. The highest BCUT2D eigenvalue weighted by Crippen LogP contribution is 2.18. The van der Waals surface area contributed by atoms with Crippen molar-refractivity contribution in [2.75, 3.05) is 18.0 Å². The van der Waals surface area contributed by atoms with Crippen LogP contribution in [0.2, 0.25) is 0 Å². The van der Waals surface area contributed by atoms with Gasteiger partial charge in [-0.25, -0.2) is 9.78 Å². The van der Waals surface area contributed by atoms with Gasteiger partial charge in [-0.3, -0.25) is 14.3 Å².